The second-order valence-corrected chi connectivity index (χ2v) is 9.84. The molecule has 0 spiro atoms. The summed E-state index contributed by atoms with van der Waals surface area (Å²) in [7, 11) is 1.32. The van der Waals surface area contributed by atoms with Crippen LogP contribution in [0.25, 0.3) is 6.08 Å². The molecule has 6 nitrogen and oxygen atoms in total. The van der Waals surface area contributed by atoms with Gasteiger partial charge in [-0.2, -0.15) is 0 Å². The molecule has 3 aromatic rings. The number of hydrogen-bond donors (Lipinski definition) is 0. The molecule has 182 valence electrons. The van der Waals surface area contributed by atoms with Crippen molar-refractivity contribution in [2.45, 2.75) is 32.7 Å². The zero-order chi connectivity index (χ0) is 25.1. The molecule has 0 amide bonds. The van der Waals surface area contributed by atoms with Gasteiger partial charge in [0.15, 0.2) is 4.80 Å². The number of hydrogen-bond acceptors (Lipinski definition) is 6. The minimum absolute atomic E-state index is 0.262. The molecule has 1 unspecified atom stereocenters. The van der Waals surface area contributed by atoms with Gasteiger partial charge in [-0.15, -0.1) is 0 Å². The van der Waals surface area contributed by atoms with Crippen molar-refractivity contribution in [2.24, 2.45) is 4.99 Å². The Balaban J connectivity index is 1.84. The molecule has 0 bridgehead atoms. The molecule has 0 saturated carbocycles. The van der Waals surface area contributed by atoms with E-state index in [1.54, 1.807) is 35.8 Å². The van der Waals surface area contributed by atoms with E-state index in [-0.39, 0.29) is 5.56 Å². The SMILES string of the molecule is CCCCOc1ccc(C2C(C(=O)OC)=C(C)N=c3sc(=Cc4ccc(Cl)c(Cl)c4)c(=O)n32)cc1. The van der Waals surface area contributed by atoms with Crippen molar-refractivity contribution in [3.05, 3.63) is 94.6 Å². The molecule has 2 aromatic carbocycles. The van der Waals surface area contributed by atoms with E-state index in [0.717, 1.165) is 29.7 Å². The fourth-order valence-corrected chi connectivity index (χ4v) is 5.20. The van der Waals surface area contributed by atoms with E-state index < -0.39 is 12.0 Å². The van der Waals surface area contributed by atoms with Crippen molar-refractivity contribution < 1.29 is 14.3 Å². The van der Waals surface area contributed by atoms with Crippen LogP contribution in [-0.2, 0) is 9.53 Å². The van der Waals surface area contributed by atoms with E-state index in [4.69, 9.17) is 32.7 Å². The van der Waals surface area contributed by atoms with Crippen LogP contribution >= 0.6 is 34.5 Å². The number of benzene rings is 2. The zero-order valence-corrected chi connectivity index (χ0v) is 21.8. The normalized spacial score (nSPS) is 15.6. The van der Waals surface area contributed by atoms with Gasteiger partial charge in [0.1, 0.15) is 5.75 Å². The predicted octanol–water partition coefficient (Wildman–Crippen LogP) is 4.89. The molecule has 0 saturated heterocycles. The van der Waals surface area contributed by atoms with Crippen molar-refractivity contribution in [3.63, 3.8) is 0 Å². The van der Waals surface area contributed by atoms with Crippen LogP contribution < -0.4 is 19.6 Å². The Bertz CT molecular complexity index is 1470. The van der Waals surface area contributed by atoms with Crippen LogP contribution in [0.15, 0.2) is 63.5 Å². The third-order valence-electron chi connectivity index (χ3n) is 5.63. The zero-order valence-electron chi connectivity index (χ0n) is 19.5. The summed E-state index contributed by atoms with van der Waals surface area (Å²) in [6, 6.07) is 11.9. The van der Waals surface area contributed by atoms with Crippen LogP contribution in [0.4, 0.5) is 0 Å². The van der Waals surface area contributed by atoms with Gasteiger partial charge >= 0.3 is 5.97 Å². The lowest BCUT2D eigenvalue weighted by atomic mass is 9.96. The Morgan fingerprint density at radius 2 is 1.91 bits per heavy atom. The number of allylic oxidation sites excluding steroid dienone is 1. The van der Waals surface area contributed by atoms with Gasteiger partial charge in [-0.25, -0.2) is 9.79 Å². The first-order valence-corrected chi connectivity index (χ1v) is 12.7. The largest absolute Gasteiger partial charge is 0.494 e. The lowest BCUT2D eigenvalue weighted by Crippen LogP contribution is -2.39. The van der Waals surface area contributed by atoms with E-state index in [1.807, 2.05) is 24.3 Å². The van der Waals surface area contributed by atoms with E-state index in [2.05, 4.69) is 11.9 Å². The lowest BCUT2D eigenvalue weighted by molar-refractivity contribution is -0.136. The van der Waals surface area contributed by atoms with Crippen molar-refractivity contribution in [2.75, 3.05) is 13.7 Å². The minimum atomic E-state index is -0.681. The summed E-state index contributed by atoms with van der Waals surface area (Å²) in [5.74, 6) is 0.202. The first-order chi connectivity index (χ1) is 16.8. The number of thiazole rings is 1. The van der Waals surface area contributed by atoms with Gasteiger partial charge in [-0.3, -0.25) is 9.36 Å². The summed E-state index contributed by atoms with van der Waals surface area (Å²) in [4.78, 5) is 31.4. The van der Waals surface area contributed by atoms with Crippen molar-refractivity contribution in [1.29, 1.82) is 0 Å². The van der Waals surface area contributed by atoms with Gasteiger partial charge in [0, 0.05) is 0 Å². The molecular weight excluding hydrogens is 507 g/mol. The maximum atomic E-state index is 13.6. The van der Waals surface area contributed by atoms with Crippen LogP contribution in [0.3, 0.4) is 0 Å². The summed E-state index contributed by atoms with van der Waals surface area (Å²) >= 11 is 13.4. The molecule has 9 heteroatoms. The summed E-state index contributed by atoms with van der Waals surface area (Å²) in [5.41, 5.74) is 2.05. The highest BCUT2D eigenvalue weighted by atomic mass is 35.5. The van der Waals surface area contributed by atoms with Crippen LogP contribution in [0.5, 0.6) is 5.75 Å². The van der Waals surface area contributed by atoms with Gasteiger partial charge in [0.25, 0.3) is 5.56 Å². The third-order valence-corrected chi connectivity index (χ3v) is 7.35. The molecule has 1 aliphatic heterocycles. The van der Waals surface area contributed by atoms with E-state index in [0.29, 0.717) is 37.3 Å². The predicted molar refractivity (Wildman–Crippen MR) is 139 cm³/mol. The standard InChI is InChI=1S/C26H24Cl2N2O4S/c1-4-5-12-34-18-9-7-17(8-10-18)23-22(25(32)33-3)15(2)29-26-30(23)24(31)21(35-26)14-16-6-11-19(27)20(28)13-16/h6-11,13-14,23H,4-5,12H2,1-3H3. The molecule has 0 N–H and O–H groups in total. The molecule has 0 fully saturated rings. The van der Waals surface area contributed by atoms with Crippen molar-refractivity contribution in [3.8, 4) is 5.75 Å². The van der Waals surface area contributed by atoms with Crippen LogP contribution in [0, 0.1) is 0 Å². The van der Waals surface area contributed by atoms with E-state index in [9.17, 15) is 9.59 Å². The van der Waals surface area contributed by atoms with Crippen molar-refractivity contribution >= 4 is 46.6 Å². The van der Waals surface area contributed by atoms with Gasteiger partial charge in [-0.1, -0.05) is 66.1 Å². The summed E-state index contributed by atoms with van der Waals surface area (Å²) in [6.45, 7) is 4.48. The summed E-state index contributed by atoms with van der Waals surface area (Å²) < 4.78 is 12.8. The second-order valence-electron chi connectivity index (χ2n) is 8.02. The first-order valence-electron chi connectivity index (χ1n) is 11.1. The molecule has 2 heterocycles. The van der Waals surface area contributed by atoms with Crippen LogP contribution in [0.2, 0.25) is 10.0 Å². The van der Waals surface area contributed by atoms with E-state index in [1.165, 1.54) is 18.4 Å². The third kappa shape index (κ3) is 5.22. The molecule has 0 aliphatic carbocycles. The Labute approximate surface area is 216 Å². The molecule has 1 aliphatic rings. The lowest BCUT2D eigenvalue weighted by Gasteiger charge is -2.24. The number of halogens is 2. The number of esters is 1. The Hall–Kier alpha value is -2.87. The smallest absolute Gasteiger partial charge is 0.338 e. The Kier molecular flexibility index (Phi) is 7.79. The minimum Gasteiger partial charge on any atom is -0.494 e. The first kappa shape index (κ1) is 25.2. The summed E-state index contributed by atoms with van der Waals surface area (Å²) in [6.07, 6.45) is 3.75. The van der Waals surface area contributed by atoms with E-state index >= 15 is 0 Å². The molecular formula is C26H24Cl2N2O4S. The fraction of sp³-hybridized carbons (Fsp3) is 0.269. The van der Waals surface area contributed by atoms with Crippen LogP contribution in [0.1, 0.15) is 43.9 Å². The fourth-order valence-electron chi connectivity index (χ4n) is 3.84. The monoisotopic (exact) mass is 530 g/mol. The highest BCUT2D eigenvalue weighted by Crippen LogP contribution is 2.31. The second kappa shape index (κ2) is 10.8. The van der Waals surface area contributed by atoms with Gasteiger partial charge in [0.05, 0.1) is 45.6 Å². The average Bonchev–Trinajstić information content (AvgIpc) is 3.15. The average molecular weight is 531 g/mol. The highest BCUT2D eigenvalue weighted by Gasteiger charge is 2.33. The summed E-state index contributed by atoms with van der Waals surface area (Å²) in [5, 5.41) is 0.835. The number of carbonyl (C=O) groups excluding carboxylic acids is 1. The number of ether oxygens (including phenoxy) is 2. The Morgan fingerprint density at radius 3 is 2.57 bits per heavy atom. The molecule has 1 atom stereocenters. The van der Waals surface area contributed by atoms with Crippen molar-refractivity contribution in [1.82, 2.24) is 4.57 Å². The van der Waals surface area contributed by atoms with Crippen LogP contribution in [-0.4, -0.2) is 24.3 Å². The number of methoxy groups -OCH3 is 1. The Morgan fingerprint density at radius 1 is 1.17 bits per heavy atom. The number of nitrogens with zero attached hydrogens (tertiary/aromatic N) is 2. The molecule has 35 heavy (non-hydrogen) atoms. The van der Waals surface area contributed by atoms with Gasteiger partial charge in [-0.05, 0) is 54.8 Å². The van der Waals surface area contributed by atoms with Gasteiger partial charge < -0.3 is 9.47 Å². The quantitative estimate of drug-likeness (QED) is 0.322. The maximum absolute atomic E-state index is 13.6. The number of fused-ring (bicyclic) bond motifs is 1. The number of carbonyl (C=O) groups is 1. The maximum Gasteiger partial charge on any atom is 0.338 e. The number of rotatable bonds is 7. The van der Waals surface area contributed by atoms with Gasteiger partial charge in [0.2, 0.25) is 0 Å². The molecule has 0 radical (unpaired) electrons. The number of unbranched alkanes of at least 4 members (excludes halogenated alkanes) is 1. The topological polar surface area (TPSA) is 69.9 Å². The number of aromatic nitrogens is 1. The molecule has 4 rings (SSSR count). The highest BCUT2D eigenvalue weighted by molar-refractivity contribution is 7.07. The molecule has 1 aromatic heterocycles.